The number of carbonyl (C=O) groups excluding carboxylic acids is 6. The van der Waals surface area contributed by atoms with Crippen molar-refractivity contribution in [3.63, 3.8) is 0 Å². The fraction of sp³-hybridized carbons (Fsp3) is 0.465. The number of imide groups is 1. The topological polar surface area (TPSA) is 170 Å². The monoisotopic (exact) mass is 834 g/mol. The Bertz CT molecular complexity index is 2110. The molecule has 2 aromatic carbocycles. The molecule has 0 bridgehead atoms. The molecule has 15 nitrogen and oxygen atoms in total. The summed E-state index contributed by atoms with van der Waals surface area (Å²) in [5, 5.41) is 2.55. The Morgan fingerprint density at radius 3 is 2.25 bits per heavy atom. The highest BCUT2D eigenvalue weighted by atomic mass is 19.1. The van der Waals surface area contributed by atoms with E-state index in [1.807, 2.05) is 51.1 Å². The number of rotatable bonds is 13. The maximum atomic E-state index is 15.3. The van der Waals surface area contributed by atoms with Gasteiger partial charge in [-0.25, -0.2) is 23.4 Å². The number of hydrogen-bond acceptors (Lipinski definition) is 10. The molecular formula is C43H52F2N6O9. The summed E-state index contributed by atoms with van der Waals surface area (Å²) in [5.74, 6) is -4.22. The average molecular weight is 835 g/mol. The van der Waals surface area contributed by atoms with Crippen molar-refractivity contribution in [3.8, 4) is 11.3 Å². The van der Waals surface area contributed by atoms with E-state index in [1.165, 1.54) is 23.6 Å². The lowest BCUT2D eigenvalue weighted by molar-refractivity contribution is -0.161. The molecule has 2 aliphatic heterocycles. The first-order chi connectivity index (χ1) is 28.1. The number of ether oxygens (including phenoxy) is 3. The molecule has 4 atom stereocenters. The number of nitrogens with one attached hydrogen (secondary N) is 1. The summed E-state index contributed by atoms with van der Waals surface area (Å²) in [5.41, 5.74) is -0.857. The lowest BCUT2D eigenvalue weighted by Crippen LogP contribution is -2.50. The molecule has 5 amide bonds. The van der Waals surface area contributed by atoms with Crippen molar-refractivity contribution >= 4 is 35.9 Å². The van der Waals surface area contributed by atoms with E-state index in [1.54, 1.807) is 31.5 Å². The maximum absolute atomic E-state index is 15.3. The van der Waals surface area contributed by atoms with Crippen molar-refractivity contribution in [3.05, 3.63) is 89.9 Å². The molecule has 1 aromatic heterocycles. The first-order valence-electron chi connectivity index (χ1n) is 19.6. The van der Waals surface area contributed by atoms with Crippen LogP contribution in [-0.2, 0) is 39.9 Å². The molecule has 0 spiro atoms. The molecule has 1 fully saturated rings. The van der Waals surface area contributed by atoms with Crippen LogP contribution in [0.4, 0.5) is 18.4 Å². The highest BCUT2D eigenvalue weighted by Gasteiger charge is 2.46. The van der Waals surface area contributed by atoms with E-state index in [9.17, 15) is 33.2 Å². The molecule has 3 heterocycles. The minimum atomic E-state index is -1.30. The second kappa shape index (κ2) is 18.4. The summed E-state index contributed by atoms with van der Waals surface area (Å²) >= 11 is 0. The Balaban J connectivity index is 1.56. The summed E-state index contributed by atoms with van der Waals surface area (Å²) < 4.78 is 48.6. The molecule has 1 N–H and O–H groups in total. The second-order valence-corrected chi connectivity index (χ2v) is 16.9. The van der Waals surface area contributed by atoms with Crippen LogP contribution < -0.4 is 5.32 Å². The number of aromatic nitrogens is 2. The van der Waals surface area contributed by atoms with Crippen molar-refractivity contribution in [1.29, 1.82) is 0 Å². The van der Waals surface area contributed by atoms with Gasteiger partial charge in [0.05, 0.1) is 18.3 Å². The highest BCUT2D eigenvalue weighted by molar-refractivity contribution is 6.12. The van der Waals surface area contributed by atoms with Crippen molar-refractivity contribution in [1.82, 2.24) is 29.6 Å². The zero-order valence-corrected chi connectivity index (χ0v) is 35.1. The van der Waals surface area contributed by atoms with Crippen molar-refractivity contribution in [2.75, 3.05) is 32.7 Å². The predicted molar refractivity (Wildman–Crippen MR) is 214 cm³/mol. The van der Waals surface area contributed by atoms with E-state index >= 15 is 4.39 Å². The number of amides is 5. The number of likely N-dealkylation sites (tertiary alicyclic amines) is 1. The second-order valence-electron chi connectivity index (χ2n) is 16.9. The van der Waals surface area contributed by atoms with Gasteiger partial charge in [0.15, 0.2) is 6.10 Å². The zero-order valence-electron chi connectivity index (χ0n) is 35.1. The number of imidazole rings is 1. The molecule has 5 rings (SSSR count). The fourth-order valence-corrected chi connectivity index (χ4v) is 7.21. The quantitative estimate of drug-likeness (QED) is 0.129. The van der Waals surface area contributed by atoms with Crippen LogP contribution in [-0.4, -0.2) is 111 Å². The molecule has 60 heavy (non-hydrogen) atoms. The van der Waals surface area contributed by atoms with Gasteiger partial charge in [0, 0.05) is 69.5 Å². The number of carbonyl (C=O) groups is 6. The highest BCUT2D eigenvalue weighted by Crippen LogP contribution is 2.41. The Hall–Kier alpha value is -6.13. The fourth-order valence-electron chi connectivity index (χ4n) is 7.21. The van der Waals surface area contributed by atoms with Gasteiger partial charge in [-0.05, 0) is 56.9 Å². The number of nitrogens with zero attached hydrogens (tertiary/aromatic N) is 5. The van der Waals surface area contributed by atoms with Gasteiger partial charge in [0.1, 0.15) is 29.2 Å². The van der Waals surface area contributed by atoms with Gasteiger partial charge in [0.2, 0.25) is 0 Å². The van der Waals surface area contributed by atoms with Crippen LogP contribution in [0.5, 0.6) is 0 Å². The van der Waals surface area contributed by atoms with Crippen LogP contribution in [0.25, 0.3) is 11.3 Å². The van der Waals surface area contributed by atoms with Gasteiger partial charge in [-0.1, -0.05) is 51.1 Å². The SMILES string of the molecule is CC(=O)O[C@@H](C)C(=O)N(C[C@@H]1CN(C(=O)OC(C)(C)C)C[C@H]1OC(=O)NCCN1C(=O)C=CC1=O)[C@@H](c1nc(-c2cc(F)ccc2F)cn1Cc1ccccc1)C(C)(C)C. The number of halogens is 2. The minimum Gasteiger partial charge on any atom is -0.453 e. The first-order valence-corrected chi connectivity index (χ1v) is 19.6. The van der Waals surface area contributed by atoms with Crippen LogP contribution in [0, 0.1) is 23.0 Å². The summed E-state index contributed by atoms with van der Waals surface area (Å²) in [6, 6.07) is 11.4. The number of benzene rings is 2. The molecule has 17 heteroatoms. The smallest absolute Gasteiger partial charge is 0.410 e. The number of alkyl carbamates (subject to hydrolysis) is 1. The van der Waals surface area contributed by atoms with Gasteiger partial charge in [-0.2, -0.15) is 0 Å². The Morgan fingerprint density at radius 2 is 1.63 bits per heavy atom. The Kier molecular flexibility index (Phi) is 13.8. The molecular weight excluding hydrogens is 783 g/mol. The van der Waals surface area contributed by atoms with E-state index in [-0.39, 0.29) is 50.5 Å². The van der Waals surface area contributed by atoms with Crippen LogP contribution in [0.3, 0.4) is 0 Å². The molecule has 3 aromatic rings. The van der Waals surface area contributed by atoms with Gasteiger partial charge in [-0.15, -0.1) is 0 Å². The number of esters is 1. The van der Waals surface area contributed by atoms with Gasteiger partial charge in [-0.3, -0.25) is 24.1 Å². The van der Waals surface area contributed by atoms with Crippen LogP contribution in [0.2, 0.25) is 0 Å². The molecule has 0 saturated carbocycles. The molecule has 0 unspecified atom stereocenters. The van der Waals surface area contributed by atoms with E-state index < -0.39 is 82.7 Å². The third-order valence-electron chi connectivity index (χ3n) is 9.79. The molecule has 322 valence electrons. The largest absolute Gasteiger partial charge is 0.453 e. The minimum absolute atomic E-state index is 0.0316. The van der Waals surface area contributed by atoms with Crippen molar-refractivity contribution in [2.45, 2.75) is 85.8 Å². The van der Waals surface area contributed by atoms with Crippen molar-refractivity contribution in [2.24, 2.45) is 11.3 Å². The van der Waals surface area contributed by atoms with E-state index in [0.717, 1.165) is 40.8 Å². The van der Waals surface area contributed by atoms with Gasteiger partial charge >= 0.3 is 18.2 Å². The van der Waals surface area contributed by atoms with E-state index in [0.29, 0.717) is 5.82 Å². The molecule has 0 radical (unpaired) electrons. The van der Waals surface area contributed by atoms with Crippen LogP contribution in [0.15, 0.2) is 66.9 Å². The maximum Gasteiger partial charge on any atom is 0.410 e. The summed E-state index contributed by atoms with van der Waals surface area (Å²) in [7, 11) is 0. The third kappa shape index (κ3) is 11.3. The lowest BCUT2D eigenvalue weighted by atomic mass is 9.83. The number of hydrogen-bond donors (Lipinski definition) is 1. The average Bonchev–Trinajstić information content (AvgIpc) is 3.84. The third-order valence-corrected chi connectivity index (χ3v) is 9.79. The Labute approximate surface area is 347 Å². The van der Waals surface area contributed by atoms with Crippen LogP contribution in [0.1, 0.15) is 72.8 Å². The molecule has 0 aliphatic carbocycles. The standard InChI is InChI=1S/C43H52F2N6O9/c1-26(58-27(2)52)39(55)51(23-29-22-49(41(57)60-43(6,7)8)25-34(29)59-40(56)46-18-19-50-35(53)16-17-36(50)54)37(42(3,4)5)38-47-33(31-20-30(44)14-15-32(31)45)24-48(38)21-28-12-10-9-11-13-28/h9-17,20,24,26,29,34,37H,18-19,21-23,25H2,1-8H3,(H,46,56)/t26-,29-,34+,37-/m0/s1. The summed E-state index contributed by atoms with van der Waals surface area (Å²) in [4.78, 5) is 86.4. The molecule has 1 saturated heterocycles. The van der Waals surface area contributed by atoms with Gasteiger partial charge < -0.3 is 33.9 Å². The zero-order chi connectivity index (χ0) is 44.1. The normalized spacial score (nSPS) is 17.7. The first kappa shape index (κ1) is 45.0. The van der Waals surface area contributed by atoms with E-state index in [4.69, 9.17) is 19.2 Å². The Morgan fingerprint density at radius 1 is 0.967 bits per heavy atom. The predicted octanol–water partition coefficient (Wildman–Crippen LogP) is 5.63. The molecule has 2 aliphatic rings. The lowest BCUT2D eigenvalue weighted by Gasteiger charge is -2.42. The summed E-state index contributed by atoms with van der Waals surface area (Å²) in [6.45, 7) is 13.0. The van der Waals surface area contributed by atoms with E-state index in [2.05, 4.69) is 5.32 Å². The summed E-state index contributed by atoms with van der Waals surface area (Å²) in [6.07, 6.45) is -0.0601. The van der Waals surface area contributed by atoms with Crippen LogP contribution >= 0.6 is 0 Å². The van der Waals surface area contributed by atoms with Crippen molar-refractivity contribution < 1.29 is 51.8 Å². The van der Waals surface area contributed by atoms with Gasteiger partial charge in [0.25, 0.3) is 17.7 Å².